The van der Waals surface area contributed by atoms with Crippen LogP contribution in [-0.4, -0.2) is 72.5 Å². The molecular formula is C29H43ClN4O. The van der Waals surface area contributed by atoms with Gasteiger partial charge in [-0.15, -0.1) is 0 Å². The molecule has 2 atom stereocenters. The standard InChI is InChI=1S/C29H43ClN4O/c1-4-32(5-2)17-9-8-12-28(25-10-6-7-11-26(25)30)33-18-20-34(21-19-33)29(35)27(31)22-24-15-13-23(3)14-16-24/h6-7,10-11,13-16,27-28H,4-5,8-9,12,17-22,31H2,1-3H3/t27-,28?/m1/s1. The van der Waals surface area contributed by atoms with Gasteiger partial charge in [0.2, 0.25) is 5.91 Å². The van der Waals surface area contributed by atoms with E-state index in [9.17, 15) is 4.79 Å². The van der Waals surface area contributed by atoms with Gasteiger partial charge in [0.1, 0.15) is 0 Å². The van der Waals surface area contributed by atoms with Crippen LogP contribution >= 0.6 is 11.6 Å². The number of hydrogen-bond acceptors (Lipinski definition) is 4. The van der Waals surface area contributed by atoms with E-state index in [2.05, 4.69) is 67.0 Å². The summed E-state index contributed by atoms with van der Waals surface area (Å²) in [6, 6.07) is 16.3. The number of nitrogens with zero attached hydrogens (tertiary/aromatic N) is 3. The van der Waals surface area contributed by atoms with E-state index in [1.807, 2.05) is 17.0 Å². The van der Waals surface area contributed by atoms with Crippen molar-refractivity contribution in [2.24, 2.45) is 5.73 Å². The Labute approximate surface area is 217 Å². The maximum absolute atomic E-state index is 13.1. The number of rotatable bonds is 12. The molecule has 0 spiro atoms. The molecular weight excluding hydrogens is 456 g/mol. The smallest absolute Gasteiger partial charge is 0.239 e. The molecule has 0 aromatic heterocycles. The quantitative estimate of drug-likeness (QED) is 0.422. The first-order chi connectivity index (χ1) is 16.9. The molecule has 1 fully saturated rings. The summed E-state index contributed by atoms with van der Waals surface area (Å²) in [5.41, 5.74) is 9.85. The molecule has 1 amide bonds. The van der Waals surface area contributed by atoms with E-state index in [-0.39, 0.29) is 11.9 Å². The number of piperazine rings is 1. The number of benzene rings is 2. The lowest BCUT2D eigenvalue weighted by atomic mass is 9.98. The predicted molar refractivity (Wildman–Crippen MR) is 147 cm³/mol. The third-order valence-corrected chi connectivity index (χ3v) is 7.66. The van der Waals surface area contributed by atoms with Crippen LogP contribution in [0.25, 0.3) is 0 Å². The first kappa shape index (κ1) is 27.7. The summed E-state index contributed by atoms with van der Waals surface area (Å²) in [7, 11) is 0. The van der Waals surface area contributed by atoms with Crippen molar-refractivity contribution in [1.82, 2.24) is 14.7 Å². The first-order valence-corrected chi connectivity index (χ1v) is 13.6. The van der Waals surface area contributed by atoms with Crippen molar-refractivity contribution in [3.63, 3.8) is 0 Å². The van der Waals surface area contributed by atoms with Crippen LogP contribution in [0, 0.1) is 6.92 Å². The van der Waals surface area contributed by atoms with Gasteiger partial charge in [-0.05, 0) is 63.0 Å². The minimum atomic E-state index is -0.497. The fourth-order valence-electron chi connectivity index (χ4n) is 5.05. The van der Waals surface area contributed by atoms with Gasteiger partial charge in [0.05, 0.1) is 6.04 Å². The van der Waals surface area contributed by atoms with E-state index in [1.165, 1.54) is 17.5 Å². The summed E-state index contributed by atoms with van der Waals surface area (Å²) in [6.45, 7) is 13.0. The van der Waals surface area contributed by atoms with Crippen molar-refractivity contribution in [3.8, 4) is 0 Å². The van der Waals surface area contributed by atoms with Gasteiger partial charge < -0.3 is 15.5 Å². The van der Waals surface area contributed by atoms with E-state index in [0.29, 0.717) is 19.5 Å². The molecule has 0 aliphatic carbocycles. The number of amides is 1. The van der Waals surface area contributed by atoms with Crippen molar-refractivity contribution in [1.29, 1.82) is 0 Å². The van der Waals surface area contributed by atoms with Crippen molar-refractivity contribution in [2.45, 2.75) is 58.5 Å². The summed E-state index contributed by atoms with van der Waals surface area (Å²) in [4.78, 5) is 20.0. The highest BCUT2D eigenvalue weighted by Gasteiger charge is 2.29. The zero-order valence-electron chi connectivity index (χ0n) is 21.8. The van der Waals surface area contributed by atoms with Crippen LogP contribution < -0.4 is 5.73 Å². The Morgan fingerprint density at radius 3 is 2.29 bits per heavy atom. The van der Waals surface area contributed by atoms with E-state index >= 15 is 0 Å². The van der Waals surface area contributed by atoms with Gasteiger partial charge in [0.15, 0.2) is 0 Å². The SMILES string of the molecule is CCN(CC)CCCCC(c1ccccc1Cl)N1CCN(C(=O)[C@H](N)Cc2ccc(C)cc2)CC1. The van der Waals surface area contributed by atoms with Gasteiger partial charge in [0, 0.05) is 37.2 Å². The third kappa shape index (κ3) is 8.04. The molecule has 192 valence electrons. The zero-order chi connectivity index (χ0) is 25.2. The Morgan fingerprint density at radius 2 is 1.66 bits per heavy atom. The first-order valence-electron chi connectivity index (χ1n) is 13.2. The average Bonchev–Trinajstić information content (AvgIpc) is 2.88. The fraction of sp³-hybridized carbons (Fsp3) is 0.552. The highest BCUT2D eigenvalue weighted by molar-refractivity contribution is 6.31. The molecule has 6 heteroatoms. The minimum Gasteiger partial charge on any atom is -0.339 e. The van der Waals surface area contributed by atoms with Gasteiger partial charge in [-0.1, -0.05) is 79.9 Å². The summed E-state index contributed by atoms with van der Waals surface area (Å²) in [5, 5.41) is 0.833. The molecule has 1 aliphatic heterocycles. The molecule has 2 N–H and O–H groups in total. The van der Waals surface area contributed by atoms with Crippen molar-refractivity contribution < 1.29 is 4.79 Å². The lowest BCUT2D eigenvalue weighted by molar-refractivity contribution is -0.134. The van der Waals surface area contributed by atoms with Gasteiger partial charge in [-0.2, -0.15) is 0 Å². The Bertz CT molecular complexity index is 907. The number of hydrogen-bond donors (Lipinski definition) is 1. The van der Waals surface area contributed by atoms with Crippen LogP contribution in [-0.2, 0) is 11.2 Å². The average molecular weight is 499 g/mol. The van der Waals surface area contributed by atoms with E-state index in [4.69, 9.17) is 17.3 Å². The minimum absolute atomic E-state index is 0.0544. The monoisotopic (exact) mass is 498 g/mol. The Hall–Kier alpha value is -1.92. The molecule has 1 heterocycles. The van der Waals surface area contributed by atoms with Crippen LogP contribution in [0.4, 0.5) is 0 Å². The Balaban J connectivity index is 1.57. The zero-order valence-corrected chi connectivity index (χ0v) is 22.5. The van der Waals surface area contributed by atoms with Crippen LogP contribution in [0.1, 0.15) is 55.8 Å². The number of aryl methyl sites for hydroxylation is 1. The molecule has 2 aromatic carbocycles. The van der Waals surface area contributed by atoms with Gasteiger partial charge in [0.25, 0.3) is 0 Å². The number of carbonyl (C=O) groups excluding carboxylic acids is 1. The molecule has 1 unspecified atom stereocenters. The Morgan fingerprint density at radius 1 is 1.00 bits per heavy atom. The summed E-state index contributed by atoms with van der Waals surface area (Å²) >= 11 is 6.64. The van der Waals surface area contributed by atoms with Crippen LogP contribution in [0.15, 0.2) is 48.5 Å². The number of halogens is 1. The van der Waals surface area contributed by atoms with Crippen molar-refractivity contribution in [3.05, 3.63) is 70.2 Å². The maximum Gasteiger partial charge on any atom is 0.239 e. The third-order valence-electron chi connectivity index (χ3n) is 7.32. The normalized spacial score (nSPS) is 16.5. The largest absolute Gasteiger partial charge is 0.339 e. The second-order valence-corrected chi connectivity index (χ2v) is 10.1. The number of carbonyl (C=O) groups is 1. The van der Waals surface area contributed by atoms with Gasteiger partial charge >= 0.3 is 0 Å². The van der Waals surface area contributed by atoms with Gasteiger partial charge in [-0.3, -0.25) is 9.69 Å². The molecule has 1 aliphatic rings. The van der Waals surface area contributed by atoms with Crippen LogP contribution in [0.2, 0.25) is 5.02 Å². The number of unbranched alkanes of at least 4 members (excludes halogenated alkanes) is 1. The second-order valence-electron chi connectivity index (χ2n) is 9.72. The summed E-state index contributed by atoms with van der Waals surface area (Å²) in [5.74, 6) is 0.0544. The van der Waals surface area contributed by atoms with Crippen molar-refractivity contribution in [2.75, 3.05) is 45.8 Å². The van der Waals surface area contributed by atoms with Gasteiger partial charge in [-0.25, -0.2) is 0 Å². The molecule has 35 heavy (non-hydrogen) atoms. The molecule has 0 radical (unpaired) electrons. The van der Waals surface area contributed by atoms with Crippen LogP contribution in [0.5, 0.6) is 0 Å². The van der Waals surface area contributed by atoms with E-state index in [1.54, 1.807) is 0 Å². The number of nitrogens with two attached hydrogens (primary N) is 1. The lowest BCUT2D eigenvalue weighted by Crippen LogP contribution is -2.54. The molecule has 2 aromatic rings. The Kier molecular flexibility index (Phi) is 11.1. The highest BCUT2D eigenvalue weighted by atomic mass is 35.5. The van der Waals surface area contributed by atoms with Crippen molar-refractivity contribution >= 4 is 17.5 Å². The van der Waals surface area contributed by atoms with E-state index in [0.717, 1.165) is 56.2 Å². The topological polar surface area (TPSA) is 52.8 Å². The lowest BCUT2D eigenvalue weighted by Gasteiger charge is -2.40. The molecule has 1 saturated heterocycles. The fourth-order valence-corrected chi connectivity index (χ4v) is 5.31. The molecule has 5 nitrogen and oxygen atoms in total. The molecule has 0 saturated carbocycles. The highest BCUT2D eigenvalue weighted by Crippen LogP contribution is 2.32. The van der Waals surface area contributed by atoms with E-state index < -0.39 is 6.04 Å². The maximum atomic E-state index is 13.1. The molecule has 0 bridgehead atoms. The molecule has 3 rings (SSSR count). The summed E-state index contributed by atoms with van der Waals surface area (Å²) in [6.07, 6.45) is 4.00. The second kappa shape index (κ2) is 14.0. The predicted octanol–water partition coefficient (Wildman–Crippen LogP) is 4.92. The van der Waals surface area contributed by atoms with Crippen LogP contribution in [0.3, 0.4) is 0 Å². The summed E-state index contributed by atoms with van der Waals surface area (Å²) < 4.78 is 0.